The Kier molecular flexibility index (Phi) is 2.19. The van der Waals surface area contributed by atoms with Crippen LogP contribution in [-0.4, -0.2) is 11.7 Å². The van der Waals surface area contributed by atoms with Crippen LogP contribution in [0.1, 0.15) is 5.56 Å². The largest absolute Gasteiger partial charge is 0.265 e. The number of pyridine rings is 1. The lowest BCUT2D eigenvalue weighted by molar-refractivity contribution is 0.495. The summed E-state index contributed by atoms with van der Waals surface area (Å²) in [4.78, 5) is 3.81. The van der Waals surface area contributed by atoms with Crippen molar-refractivity contribution >= 4 is 0 Å². The van der Waals surface area contributed by atoms with Crippen molar-refractivity contribution in [2.75, 3.05) is 6.67 Å². The average molecular weight is 125 g/mol. The molecule has 48 valence electrons. The van der Waals surface area contributed by atoms with E-state index in [1.165, 1.54) is 0 Å². The van der Waals surface area contributed by atoms with Gasteiger partial charge in [0.25, 0.3) is 0 Å². The highest BCUT2D eigenvalue weighted by atomic mass is 19.1. The van der Waals surface area contributed by atoms with Gasteiger partial charge in [0.05, 0.1) is 6.67 Å². The summed E-state index contributed by atoms with van der Waals surface area (Å²) in [5.41, 5.74) is 1.01. The SMILES string of the molecule is FCCc1ccncc1. The molecule has 0 bridgehead atoms. The average Bonchev–Trinajstić information content (AvgIpc) is 1.91. The van der Waals surface area contributed by atoms with Crippen molar-refractivity contribution in [2.45, 2.75) is 6.42 Å². The summed E-state index contributed by atoms with van der Waals surface area (Å²) in [7, 11) is 0. The van der Waals surface area contributed by atoms with Gasteiger partial charge < -0.3 is 0 Å². The fourth-order valence-corrected chi connectivity index (χ4v) is 0.659. The molecule has 0 saturated carbocycles. The van der Waals surface area contributed by atoms with E-state index >= 15 is 0 Å². The Hall–Kier alpha value is -0.920. The highest BCUT2D eigenvalue weighted by Gasteiger charge is 1.87. The lowest BCUT2D eigenvalue weighted by atomic mass is 10.2. The van der Waals surface area contributed by atoms with Crippen molar-refractivity contribution in [2.24, 2.45) is 0 Å². The zero-order valence-corrected chi connectivity index (χ0v) is 5.05. The summed E-state index contributed by atoms with van der Waals surface area (Å²) in [6, 6.07) is 3.64. The fraction of sp³-hybridized carbons (Fsp3) is 0.286. The van der Waals surface area contributed by atoms with Gasteiger partial charge in [0.1, 0.15) is 0 Å². The second-order valence-electron chi connectivity index (χ2n) is 1.79. The van der Waals surface area contributed by atoms with Gasteiger partial charge in [-0.05, 0) is 17.7 Å². The molecule has 1 aromatic heterocycles. The van der Waals surface area contributed by atoms with Gasteiger partial charge in [-0.3, -0.25) is 9.37 Å². The van der Waals surface area contributed by atoms with Crippen molar-refractivity contribution in [3.05, 3.63) is 30.1 Å². The Morgan fingerprint density at radius 3 is 2.56 bits per heavy atom. The number of nitrogens with zero attached hydrogens (tertiary/aromatic N) is 1. The van der Waals surface area contributed by atoms with Crippen LogP contribution >= 0.6 is 0 Å². The number of aryl methyl sites for hydroxylation is 1. The van der Waals surface area contributed by atoms with Crippen molar-refractivity contribution in [3.63, 3.8) is 0 Å². The van der Waals surface area contributed by atoms with E-state index in [1.807, 2.05) is 12.1 Å². The topological polar surface area (TPSA) is 12.9 Å². The number of rotatable bonds is 2. The lowest BCUT2D eigenvalue weighted by Crippen LogP contribution is -1.85. The summed E-state index contributed by atoms with van der Waals surface area (Å²) in [5, 5.41) is 0. The molecular weight excluding hydrogens is 117 g/mol. The number of alkyl halides is 1. The fourth-order valence-electron chi connectivity index (χ4n) is 0.659. The van der Waals surface area contributed by atoms with E-state index in [1.54, 1.807) is 12.4 Å². The summed E-state index contributed by atoms with van der Waals surface area (Å²) in [6.07, 6.45) is 3.85. The molecule has 1 heterocycles. The maximum absolute atomic E-state index is 11.7. The van der Waals surface area contributed by atoms with Crippen molar-refractivity contribution < 1.29 is 4.39 Å². The Labute approximate surface area is 53.5 Å². The minimum absolute atomic E-state index is 0.288. The highest BCUT2D eigenvalue weighted by molar-refractivity contribution is 5.09. The first kappa shape index (κ1) is 6.20. The van der Waals surface area contributed by atoms with Crippen LogP contribution < -0.4 is 0 Å². The van der Waals surface area contributed by atoms with E-state index in [9.17, 15) is 4.39 Å². The predicted octanol–water partition coefficient (Wildman–Crippen LogP) is 1.59. The molecule has 0 fully saturated rings. The van der Waals surface area contributed by atoms with Crippen LogP contribution in [0.2, 0.25) is 0 Å². The van der Waals surface area contributed by atoms with Crippen LogP contribution in [0.5, 0.6) is 0 Å². The summed E-state index contributed by atoms with van der Waals surface area (Å²) < 4.78 is 11.7. The summed E-state index contributed by atoms with van der Waals surface area (Å²) >= 11 is 0. The molecule has 0 N–H and O–H groups in total. The van der Waals surface area contributed by atoms with Gasteiger partial charge in [-0.25, -0.2) is 0 Å². The molecule has 0 atom stereocenters. The van der Waals surface area contributed by atoms with Gasteiger partial charge in [0, 0.05) is 18.8 Å². The number of hydrogen-bond acceptors (Lipinski definition) is 1. The molecule has 0 aromatic carbocycles. The van der Waals surface area contributed by atoms with Crippen molar-refractivity contribution in [1.29, 1.82) is 0 Å². The predicted molar refractivity (Wildman–Crippen MR) is 33.9 cm³/mol. The molecule has 0 spiro atoms. The molecule has 1 aromatic rings. The monoisotopic (exact) mass is 125 g/mol. The Bertz CT molecular complexity index is 162. The Balaban J connectivity index is 2.61. The van der Waals surface area contributed by atoms with Crippen LogP contribution in [0.3, 0.4) is 0 Å². The van der Waals surface area contributed by atoms with Gasteiger partial charge in [0.2, 0.25) is 0 Å². The molecule has 1 rings (SSSR count). The van der Waals surface area contributed by atoms with Gasteiger partial charge in [-0.2, -0.15) is 0 Å². The molecule has 0 amide bonds. The van der Waals surface area contributed by atoms with E-state index in [0.717, 1.165) is 5.56 Å². The molecule has 0 aliphatic heterocycles. The molecule has 2 heteroatoms. The van der Waals surface area contributed by atoms with Crippen molar-refractivity contribution in [1.82, 2.24) is 4.98 Å². The summed E-state index contributed by atoms with van der Waals surface area (Å²) in [5.74, 6) is 0. The Morgan fingerprint density at radius 1 is 1.33 bits per heavy atom. The molecular formula is C7H8FN. The normalized spacial score (nSPS) is 9.44. The van der Waals surface area contributed by atoms with E-state index in [4.69, 9.17) is 0 Å². The molecule has 0 aliphatic rings. The van der Waals surface area contributed by atoms with Crippen LogP contribution in [0.4, 0.5) is 4.39 Å². The number of hydrogen-bond donors (Lipinski definition) is 0. The number of halogens is 1. The van der Waals surface area contributed by atoms with Crippen LogP contribution in [0, 0.1) is 0 Å². The third kappa shape index (κ3) is 1.80. The third-order valence-corrected chi connectivity index (χ3v) is 1.13. The molecule has 1 nitrogen and oxygen atoms in total. The first-order valence-electron chi connectivity index (χ1n) is 2.88. The van der Waals surface area contributed by atoms with E-state index in [0.29, 0.717) is 6.42 Å². The van der Waals surface area contributed by atoms with Gasteiger partial charge >= 0.3 is 0 Å². The third-order valence-electron chi connectivity index (χ3n) is 1.13. The minimum atomic E-state index is -0.288. The van der Waals surface area contributed by atoms with Gasteiger partial charge in [-0.15, -0.1) is 0 Å². The van der Waals surface area contributed by atoms with E-state index in [-0.39, 0.29) is 6.67 Å². The van der Waals surface area contributed by atoms with Crippen LogP contribution in [0.15, 0.2) is 24.5 Å². The standard InChI is InChI=1S/C7H8FN/c8-4-1-7-2-5-9-6-3-7/h2-3,5-6H,1,4H2. The van der Waals surface area contributed by atoms with E-state index < -0.39 is 0 Å². The minimum Gasteiger partial charge on any atom is -0.265 e. The zero-order valence-electron chi connectivity index (χ0n) is 5.05. The molecule has 0 radical (unpaired) electrons. The maximum atomic E-state index is 11.7. The highest BCUT2D eigenvalue weighted by Crippen LogP contribution is 1.96. The second-order valence-corrected chi connectivity index (χ2v) is 1.79. The maximum Gasteiger partial charge on any atom is 0.0934 e. The summed E-state index contributed by atoms with van der Waals surface area (Å²) in [6.45, 7) is -0.288. The van der Waals surface area contributed by atoms with Gasteiger partial charge in [-0.1, -0.05) is 0 Å². The molecule has 0 aliphatic carbocycles. The Morgan fingerprint density at radius 2 is 2.00 bits per heavy atom. The zero-order chi connectivity index (χ0) is 6.53. The first-order chi connectivity index (χ1) is 4.43. The van der Waals surface area contributed by atoms with Crippen molar-refractivity contribution in [3.8, 4) is 0 Å². The molecule has 0 unspecified atom stereocenters. The van der Waals surface area contributed by atoms with Crippen LogP contribution in [0.25, 0.3) is 0 Å². The quantitative estimate of drug-likeness (QED) is 0.585. The number of aromatic nitrogens is 1. The second kappa shape index (κ2) is 3.17. The lowest BCUT2D eigenvalue weighted by Gasteiger charge is -1.91. The van der Waals surface area contributed by atoms with Gasteiger partial charge in [0.15, 0.2) is 0 Å². The first-order valence-corrected chi connectivity index (χ1v) is 2.88. The van der Waals surface area contributed by atoms with E-state index in [2.05, 4.69) is 4.98 Å². The molecule has 9 heavy (non-hydrogen) atoms. The molecule has 0 saturated heterocycles. The smallest absolute Gasteiger partial charge is 0.0934 e. The van der Waals surface area contributed by atoms with Crippen LogP contribution in [-0.2, 0) is 6.42 Å².